The van der Waals surface area contributed by atoms with Crippen LogP contribution in [0, 0.1) is 11.3 Å². The molecule has 0 unspecified atom stereocenters. The number of esters is 1. The fourth-order valence-electron chi connectivity index (χ4n) is 4.99. The molecule has 0 saturated heterocycles. The smallest absolute Gasteiger partial charge is 0.322 e. The van der Waals surface area contributed by atoms with Crippen LogP contribution in [0.3, 0.4) is 0 Å². The highest BCUT2D eigenvalue weighted by molar-refractivity contribution is 9.10. The van der Waals surface area contributed by atoms with E-state index in [0.717, 1.165) is 15.6 Å². The Kier molecular flexibility index (Phi) is 4.62. The minimum Gasteiger partial charge on any atom is -0.468 e. The Hall–Kier alpha value is -2.47. The van der Waals surface area contributed by atoms with Crippen molar-refractivity contribution in [2.75, 3.05) is 12.4 Å². The molecule has 1 saturated carbocycles. The zero-order chi connectivity index (χ0) is 20.1. The van der Waals surface area contributed by atoms with Crippen LogP contribution in [0.1, 0.15) is 36.3 Å². The van der Waals surface area contributed by atoms with Crippen molar-refractivity contribution in [3.63, 3.8) is 0 Å². The highest BCUT2D eigenvalue weighted by Crippen LogP contribution is 2.62. The van der Waals surface area contributed by atoms with Crippen molar-refractivity contribution in [3.8, 4) is 0 Å². The molecule has 1 amide bonds. The van der Waals surface area contributed by atoms with E-state index in [1.165, 1.54) is 7.11 Å². The van der Waals surface area contributed by atoms with Gasteiger partial charge in [-0.1, -0.05) is 46.3 Å². The van der Waals surface area contributed by atoms with Crippen molar-refractivity contribution in [1.82, 2.24) is 0 Å². The standard InChI is InChI=1S/C22H20BrNO4/c1-12(25)18-16(13-7-9-14(23)10-8-13)11-22(21(27)28-2)19(18)15-5-3-4-6-17(15)24-20(22)26/h3-10,16,18-19H,11H2,1-2H3,(H,24,26)/t16-,18+,19-,22-/m1/s1. The summed E-state index contributed by atoms with van der Waals surface area (Å²) in [6, 6.07) is 15.1. The number of para-hydroxylation sites is 1. The molecule has 2 aromatic carbocycles. The average Bonchev–Trinajstić information content (AvgIpc) is 3.06. The molecule has 1 fully saturated rings. The molecule has 4 atom stereocenters. The Morgan fingerprint density at radius 2 is 1.82 bits per heavy atom. The van der Waals surface area contributed by atoms with E-state index in [2.05, 4.69) is 21.2 Å². The summed E-state index contributed by atoms with van der Waals surface area (Å²) in [7, 11) is 1.29. The van der Waals surface area contributed by atoms with Crippen molar-refractivity contribution >= 4 is 39.3 Å². The Morgan fingerprint density at radius 3 is 2.46 bits per heavy atom. The number of ketones is 1. The topological polar surface area (TPSA) is 72.5 Å². The Labute approximate surface area is 171 Å². The normalized spacial score (nSPS) is 28.1. The SMILES string of the molecule is COC(=O)[C@]12C[C@H](c3ccc(Br)cc3)[C@H](C(C)=O)[C@H]1c1ccccc1NC2=O. The lowest BCUT2D eigenvalue weighted by Crippen LogP contribution is -2.50. The molecule has 6 heteroatoms. The molecule has 0 aromatic heterocycles. The quantitative estimate of drug-likeness (QED) is 0.576. The molecule has 1 aliphatic heterocycles. The van der Waals surface area contributed by atoms with Gasteiger partial charge in [0.2, 0.25) is 5.91 Å². The highest BCUT2D eigenvalue weighted by atomic mass is 79.9. The second-order valence-electron chi connectivity index (χ2n) is 7.48. The van der Waals surface area contributed by atoms with Gasteiger partial charge in [-0.15, -0.1) is 0 Å². The van der Waals surface area contributed by atoms with E-state index in [1.807, 2.05) is 42.5 Å². The minimum atomic E-state index is -1.42. The lowest BCUT2D eigenvalue weighted by Gasteiger charge is -2.38. The number of hydrogen-bond donors (Lipinski definition) is 1. The van der Waals surface area contributed by atoms with Crippen LogP contribution < -0.4 is 5.32 Å². The van der Waals surface area contributed by atoms with Crippen molar-refractivity contribution in [2.24, 2.45) is 11.3 Å². The monoisotopic (exact) mass is 441 g/mol. The van der Waals surface area contributed by atoms with Gasteiger partial charge < -0.3 is 10.1 Å². The minimum absolute atomic E-state index is 0.0341. The Morgan fingerprint density at radius 1 is 1.14 bits per heavy atom. The molecule has 0 radical (unpaired) electrons. The second-order valence-corrected chi connectivity index (χ2v) is 8.40. The number of hydrogen-bond acceptors (Lipinski definition) is 4. The number of carbonyl (C=O) groups is 3. The third kappa shape index (κ3) is 2.62. The highest BCUT2D eigenvalue weighted by Gasteiger charge is 2.66. The van der Waals surface area contributed by atoms with E-state index in [9.17, 15) is 14.4 Å². The van der Waals surface area contributed by atoms with E-state index in [-0.39, 0.29) is 18.1 Å². The molecular weight excluding hydrogens is 422 g/mol. The zero-order valence-electron chi connectivity index (χ0n) is 15.6. The number of rotatable bonds is 3. The number of methoxy groups -OCH3 is 1. The molecule has 1 aliphatic carbocycles. The number of benzene rings is 2. The average molecular weight is 442 g/mol. The third-order valence-corrected chi connectivity index (χ3v) is 6.66. The van der Waals surface area contributed by atoms with Crippen molar-refractivity contribution in [3.05, 3.63) is 64.1 Å². The number of fused-ring (bicyclic) bond motifs is 3. The number of carbonyl (C=O) groups excluding carboxylic acids is 3. The summed E-state index contributed by atoms with van der Waals surface area (Å²) in [5, 5.41) is 2.87. The molecule has 4 rings (SSSR count). The van der Waals surface area contributed by atoms with E-state index < -0.39 is 29.1 Å². The second kappa shape index (κ2) is 6.85. The maximum atomic E-state index is 13.2. The molecule has 1 N–H and O–H groups in total. The summed E-state index contributed by atoms with van der Waals surface area (Å²) >= 11 is 3.43. The molecule has 2 aromatic rings. The zero-order valence-corrected chi connectivity index (χ0v) is 17.2. The molecule has 0 spiro atoms. The van der Waals surface area contributed by atoms with E-state index in [1.54, 1.807) is 13.0 Å². The van der Waals surface area contributed by atoms with Crippen molar-refractivity contribution in [2.45, 2.75) is 25.2 Å². The van der Waals surface area contributed by atoms with E-state index in [0.29, 0.717) is 5.69 Å². The number of Topliss-reactive ketones (excluding diaryl/α,β-unsaturated/α-hetero) is 1. The summed E-state index contributed by atoms with van der Waals surface area (Å²) < 4.78 is 6.02. The molecule has 28 heavy (non-hydrogen) atoms. The maximum absolute atomic E-state index is 13.2. The van der Waals surface area contributed by atoms with Crippen LogP contribution in [0.5, 0.6) is 0 Å². The van der Waals surface area contributed by atoms with E-state index >= 15 is 0 Å². The Bertz CT molecular complexity index is 971. The fourth-order valence-corrected chi connectivity index (χ4v) is 5.25. The molecular formula is C22H20BrNO4. The molecule has 1 heterocycles. The molecule has 144 valence electrons. The predicted octanol–water partition coefficient (Wildman–Crippen LogP) is 4.04. The van der Waals surface area contributed by atoms with Crippen LogP contribution >= 0.6 is 15.9 Å². The summed E-state index contributed by atoms with van der Waals surface area (Å²) in [5.41, 5.74) is 0.982. The lowest BCUT2D eigenvalue weighted by atomic mass is 9.67. The number of ether oxygens (including phenoxy) is 1. The Balaban J connectivity index is 1.95. The van der Waals surface area contributed by atoms with Crippen LogP contribution in [0.25, 0.3) is 0 Å². The summed E-state index contributed by atoms with van der Waals surface area (Å²) in [6.45, 7) is 1.54. The van der Waals surface area contributed by atoms with Gasteiger partial charge in [-0.2, -0.15) is 0 Å². The summed E-state index contributed by atoms with van der Waals surface area (Å²) in [4.78, 5) is 39.0. The first-order chi connectivity index (χ1) is 13.4. The van der Waals surface area contributed by atoms with Gasteiger partial charge in [0.15, 0.2) is 5.41 Å². The fraction of sp³-hybridized carbons (Fsp3) is 0.318. The van der Waals surface area contributed by atoms with Crippen molar-refractivity contribution < 1.29 is 19.1 Å². The van der Waals surface area contributed by atoms with Crippen LogP contribution in [0.15, 0.2) is 53.0 Å². The van der Waals surface area contributed by atoms with Crippen LogP contribution in [-0.4, -0.2) is 24.8 Å². The van der Waals surface area contributed by atoms with Gasteiger partial charge in [-0.05, 0) is 48.6 Å². The first-order valence-electron chi connectivity index (χ1n) is 9.15. The van der Waals surface area contributed by atoms with Gasteiger partial charge in [0.25, 0.3) is 0 Å². The van der Waals surface area contributed by atoms with Crippen LogP contribution in [0.2, 0.25) is 0 Å². The van der Waals surface area contributed by atoms with Crippen molar-refractivity contribution in [1.29, 1.82) is 0 Å². The van der Waals surface area contributed by atoms with Gasteiger partial charge in [-0.25, -0.2) is 0 Å². The van der Waals surface area contributed by atoms with Gasteiger partial charge in [-0.3, -0.25) is 14.4 Å². The van der Waals surface area contributed by atoms with Gasteiger partial charge in [0, 0.05) is 22.0 Å². The number of anilines is 1. The van der Waals surface area contributed by atoms with Crippen LogP contribution in [-0.2, 0) is 19.1 Å². The van der Waals surface area contributed by atoms with Crippen LogP contribution in [0.4, 0.5) is 5.69 Å². The first-order valence-corrected chi connectivity index (χ1v) is 9.94. The predicted molar refractivity (Wildman–Crippen MR) is 108 cm³/mol. The lowest BCUT2D eigenvalue weighted by molar-refractivity contribution is -0.158. The molecule has 5 nitrogen and oxygen atoms in total. The van der Waals surface area contributed by atoms with Gasteiger partial charge in [0.1, 0.15) is 5.78 Å². The number of amides is 1. The summed E-state index contributed by atoms with van der Waals surface area (Å²) in [5.74, 6) is -2.33. The third-order valence-electron chi connectivity index (χ3n) is 6.13. The molecule has 2 aliphatic rings. The van der Waals surface area contributed by atoms with E-state index in [4.69, 9.17) is 4.74 Å². The van der Waals surface area contributed by atoms with Gasteiger partial charge >= 0.3 is 5.97 Å². The molecule has 0 bridgehead atoms. The largest absolute Gasteiger partial charge is 0.468 e. The number of nitrogens with one attached hydrogen (secondary N) is 1. The summed E-state index contributed by atoms with van der Waals surface area (Å²) in [6.07, 6.45) is 0.233. The first kappa shape index (κ1) is 18.9. The number of halogens is 1. The van der Waals surface area contributed by atoms with Gasteiger partial charge in [0.05, 0.1) is 7.11 Å². The maximum Gasteiger partial charge on any atom is 0.322 e.